The summed E-state index contributed by atoms with van der Waals surface area (Å²) < 4.78 is 0. The number of oxime groups is 1. The highest BCUT2D eigenvalue weighted by Crippen LogP contribution is 2.26. The number of nitro groups is 1. The zero-order valence-electron chi connectivity index (χ0n) is 8.30. The zero-order chi connectivity index (χ0) is 11.4. The summed E-state index contributed by atoms with van der Waals surface area (Å²) >= 11 is 0. The lowest BCUT2D eigenvalue weighted by molar-refractivity contribution is -0.385. The summed E-state index contributed by atoms with van der Waals surface area (Å²) in [6, 6.07) is 4.02. The van der Waals surface area contributed by atoms with Gasteiger partial charge in [0.25, 0.3) is 0 Å². The van der Waals surface area contributed by atoms with Crippen LogP contribution in [0.4, 0.5) is 5.69 Å². The predicted molar refractivity (Wildman–Crippen MR) is 54.0 cm³/mol. The van der Waals surface area contributed by atoms with Crippen molar-refractivity contribution in [3.8, 4) is 5.75 Å². The maximum absolute atomic E-state index is 10.5. The molecule has 80 valence electrons. The van der Waals surface area contributed by atoms with E-state index in [1.165, 1.54) is 25.3 Å². The zero-order valence-corrected chi connectivity index (χ0v) is 8.30. The Hall–Kier alpha value is -2.11. The van der Waals surface area contributed by atoms with Crippen molar-refractivity contribution in [3.05, 3.63) is 33.9 Å². The van der Waals surface area contributed by atoms with E-state index >= 15 is 0 Å². The van der Waals surface area contributed by atoms with Crippen molar-refractivity contribution in [1.82, 2.24) is 0 Å². The van der Waals surface area contributed by atoms with Gasteiger partial charge in [-0.2, -0.15) is 0 Å². The molecule has 1 aromatic carbocycles. The molecular formula is C9H10N2O4. The molecule has 0 aliphatic heterocycles. The Bertz CT molecular complexity index is 415. The van der Waals surface area contributed by atoms with Crippen LogP contribution in [0.1, 0.15) is 12.5 Å². The van der Waals surface area contributed by atoms with E-state index in [1.54, 1.807) is 6.92 Å². The van der Waals surface area contributed by atoms with Crippen molar-refractivity contribution in [3.63, 3.8) is 0 Å². The van der Waals surface area contributed by atoms with Crippen LogP contribution in [-0.4, -0.2) is 22.9 Å². The summed E-state index contributed by atoms with van der Waals surface area (Å²) in [4.78, 5) is 14.4. The monoisotopic (exact) mass is 210 g/mol. The van der Waals surface area contributed by atoms with Crippen LogP contribution in [-0.2, 0) is 4.84 Å². The van der Waals surface area contributed by atoms with Crippen molar-refractivity contribution in [2.45, 2.75) is 6.92 Å². The fourth-order valence-corrected chi connectivity index (χ4v) is 1.08. The molecule has 0 atom stereocenters. The Morgan fingerprint density at radius 2 is 2.27 bits per heavy atom. The van der Waals surface area contributed by atoms with Crippen LogP contribution >= 0.6 is 0 Å². The average Bonchev–Trinajstić information content (AvgIpc) is 2.18. The molecule has 0 bridgehead atoms. The number of phenolic OH excluding ortho intramolecular Hbond substituents is 1. The maximum Gasteiger partial charge on any atom is 0.311 e. The summed E-state index contributed by atoms with van der Waals surface area (Å²) in [6.07, 6.45) is 0. The van der Waals surface area contributed by atoms with Crippen molar-refractivity contribution in [2.75, 3.05) is 7.11 Å². The molecule has 0 aliphatic carbocycles. The molecule has 0 amide bonds. The highest BCUT2D eigenvalue weighted by molar-refractivity contribution is 5.99. The minimum Gasteiger partial charge on any atom is -0.502 e. The minimum absolute atomic E-state index is 0.349. The summed E-state index contributed by atoms with van der Waals surface area (Å²) in [7, 11) is 1.39. The molecule has 1 aromatic rings. The topological polar surface area (TPSA) is 85.0 Å². The predicted octanol–water partition coefficient (Wildman–Crippen LogP) is 1.67. The number of hydrogen-bond donors (Lipinski definition) is 1. The van der Waals surface area contributed by atoms with E-state index < -0.39 is 4.92 Å². The third-order valence-electron chi connectivity index (χ3n) is 1.82. The molecular weight excluding hydrogens is 200 g/mol. The molecule has 15 heavy (non-hydrogen) atoms. The summed E-state index contributed by atoms with van der Waals surface area (Å²) in [5.41, 5.74) is 0.681. The lowest BCUT2D eigenvalue weighted by Gasteiger charge is -2.01. The number of benzene rings is 1. The minimum atomic E-state index is -0.654. The van der Waals surface area contributed by atoms with Crippen LogP contribution in [0.15, 0.2) is 23.4 Å². The number of hydrogen-bond acceptors (Lipinski definition) is 5. The first kappa shape index (κ1) is 11.0. The average molecular weight is 210 g/mol. The van der Waals surface area contributed by atoms with Crippen molar-refractivity contribution < 1.29 is 14.9 Å². The van der Waals surface area contributed by atoms with Gasteiger partial charge in [0, 0.05) is 11.6 Å². The van der Waals surface area contributed by atoms with Crippen LogP contribution < -0.4 is 0 Å². The summed E-state index contributed by atoms with van der Waals surface area (Å²) in [5.74, 6) is -0.367. The second kappa shape index (κ2) is 4.41. The summed E-state index contributed by atoms with van der Waals surface area (Å²) in [5, 5.41) is 23.4. The second-order valence-corrected chi connectivity index (χ2v) is 2.82. The number of nitrogens with zero attached hydrogens (tertiary/aromatic N) is 2. The Labute approximate surface area is 85.9 Å². The van der Waals surface area contributed by atoms with E-state index in [0.29, 0.717) is 11.3 Å². The van der Waals surface area contributed by atoms with Crippen LogP contribution in [0.25, 0.3) is 0 Å². The quantitative estimate of drug-likeness (QED) is 0.467. The van der Waals surface area contributed by atoms with Crippen LogP contribution in [0, 0.1) is 10.1 Å². The standard InChI is InChI=1S/C9H10N2O4/c1-6(10-15-2)7-3-4-9(12)8(5-7)11(13)14/h3-5,12H,1-2H3. The van der Waals surface area contributed by atoms with E-state index in [-0.39, 0.29) is 11.4 Å². The smallest absolute Gasteiger partial charge is 0.311 e. The Morgan fingerprint density at radius 1 is 1.60 bits per heavy atom. The lowest BCUT2D eigenvalue weighted by atomic mass is 10.1. The second-order valence-electron chi connectivity index (χ2n) is 2.82. The molecule has 0 radical (unpaired) electrons. The van der Waals surface area contributed by atoms with Crippen molar-refractivity contribution in [1.29, 1.82) is 0 Å². The maximum atomic E-state index is 10.5. The Morgan fingerprint density at radius 3 is 2.80 bits per heavy atom. The van der Waals surface area contributed by atoms with E-state index in [4.69, 9.17) is 0 Å². The summed E-state index contributed by atoms with van der Waals surface area (Å²) in [6.45, 7) is 1.65. The molecule has 6 heteroatoms. The molecule has 0 unspecified atom stereocenters. The van der Waals surface area contributed by atoms with Gasteiger partial charge in [-0.1, -0.05) is 5.16 Å². The van der Waals surface area contributed by atoms with Crippen LogP contribution in [0.3, 0.4) is 0 Å². The Kier molecular flexibility index (Phi) is 3.22. The number of phenols is 1. The van der Waals surface area contributed by atoms with E-state index in [9.17, 15) is 15.2 Å². The van der Waals surface area contributed by atoms with E-state index in [0.717, 1.165) is 0 Å². The first-order valence-corrected chi connectivity index (χ1v) is 4.11. The molecule has 1 N–H and O–H groups in total. The van der Waals surface area contributed by atoms with Crippen molar-refractivity contribution >= 4 is 11.4 Å². The normalized spacial score (nSPS) is 11.2. The molecule has 0 spiro atoms. The molecule has 0 aromatic heterocycles. The lowest BCUT2D eigenvalue weighted by Crippen LogP contribution is -1.97. The van der Waals surface area contributed by atoms with Gasteiger partial charge in [0.15, 0.2) is 5.75 Å². The SMILES string of the molecule is CON=C(C)c1ccc(O)c([N+](=O)[O-])c1. The molecule has 0 aliphatic rings. The molecule has 1 rings (SSSR count). The van der Waals surface area contributed by atoms with Gasteiger partial charge in [-0.25, -0.2) is 0 Å². The fourth-order valence-electron chi connectivity index (χ4n) is 1.08. The van der Waals surface area contributed by atoms with Gasteiger partial charge in [-0.3, -0.25) is 10.1 Å². The highest BCUT2D eigenvalue weighted by Gasteiger charge is 2.14. The van der Waals surface area contributed by atoms with Gasteiger partial charge in [0.2, 0.25) is 0 Å². The number of aromatic hydroxyl groups is 1. The molecule has 6 nitrogen and oxygen atoms in total. The number of nitro benzene ring substituents is 1. The van der Waals surface area contributed by atoms with E-state index in [1.807, 2.05) is 0 Å². The molecule has 0 heterocycles. The van der Waals surface area contributed by atoms with Gasteiger partial charge < -0.3 is 9.94 Å². The first-order chi connectivity index (χ1) is 7.06. The molecule has 0 saturated heterocycles. The van der Waals surface area contributed by atoms with Gasteiger partial charge in [0.05, 0.1) is 10.6 Å². The fraction of sp³-hybridized carbons (Fsp3) is 0.222. The van der Waals surface area contributed by atoms with Gasteiger partial charge in [0.1, 0.15) is 7.11 Å². The van der Waals surface area contributed by atoms with E-state index in [2.05, 4.69) is 9.99 Å². The highest BCUT2D eigenvalue weighted by atomic mass is 16.6. The van der Waals surface area contributed by atoms with Gasteiger partial charge in [-0.15, -0.1) is 0 Å². The third kappa shape index (κ3) is 2.43. The first-order valence-electron chi connectivity index (χ1n) is 4.11. The van der Waals surface area contributed by atoms with Crippen LogP contribution in [0.5, 0.6) is 5.75 Å². The largest absolute Gasteiger partial charge is 0.502 e. The molecule has 0 fully saturated rings. The molecule has 0 saturated carbocycles. The van der Waals surface area contributed by atoms with Crippen LogP contribution in [0.2, 0.25) is 0 Å². The number of rotatable bonds is 3. The van der Waals surface area contributed by atoms with Crippen molar-refractivity contribution in [2.24, 2.45) is 5.16 Å². The third-order valence-corrected chi connectivity index (χ3v) is 1.82. The van der Waals surface area contributed by atoms with Gasteiger partial charge >= 0.3 is 5.69 Å². The van der Waals surface area contributed by atoms with Gasteiger partial charge in [-0.05, 0) is 19.1 Å². The Balaban J connectivity index is 3.19.